The van der Waals surface area contributed by atoms with Gasteiger partial charge in [0.1, 0.15) is 23.9 Å². The van der Waals surface area contributed by atoms with E-state index in [2.05, 4.69) is 20.8 Å². The normalized spacial score (nSPS) is 10.9. The number of amides is 1. The van der Waals surface area contributed by atoms with Crippen LogP contribution in [0.4, 0.5) is 5.82 Å². The summed E-state index contributed by atoms with van der Waals surface area (Å²) in [6, 6.07) is 10.6. The Bertz CT molecular complexity index is 679. The van der Waals surface area contributed by atoms with E-state index in [1.54, 1.807) is 19.2 Å². The van der Waals surface area contributed by atoms with Gasteiger partial charge >= 0.3 is 0 Å². The van der Waals surface area contributed by atoms with Crippen molar-refractivity contribution in [3.05, 3.63) is 42.1 Å². The van der Waals surface area contributed by atoms with Gasteiger partial charge in [0.25, 0.3) is 5.91 Å². The van der Waals surface area contributed by atoms with Crippen molar-refractivity contribution in [3.8, 4) is 11.5 Å². The molecule has 0 saturated carbocycles. The summed E-state index contributed by atoms with van der Waals surface area (Å²) in [6.07, 6.45) is 0. The van der Waals surface area contributed by atoms with E-state index >= 15 is 0 Å². The number of carbonyl (C=O) groups is 1. The van der Waals surface area contributed by atoms with Gasteiger partial charge in [-0.15, -0.1) is 10.2 Å². The molecule has 134 valence electrons. The standard InChI is InChI=1S/C18H24N4O3/c1-18(2,3)20-16-10-9-15(21-22-16)17(23)19-11-12-25-14-7-5-13(24-4)6-8-14/h5-10H,11-12H2,1-4H3,(H,19,23)(H,20,22). The Labute approximate surface area is 147 Å². The van der Waals surface area contributed by atoms with Gasteiger partial charge in [0, 0.05) is 5.54 Å². The molecule has 1 amide bonds. The number of hydrogen-bond donors (Lipinski definition) is 2. The van der Waals surface area contributed by atoms with Crippen LogP contribution in [-0.4, -0.2) is 41.9 Å². The highest BCUT2D eigenvalue weighted by molar-refractivity contribution is 5.92. The molecule has 0 saturated heterocycles. The van der Waals surface area contributed by atoms with Crippen LogP contribution in [0.15, 0.2) is 36.4 Å². The van der Waals surface area contributed by atoms with E-state index in [1.165, 1.54) is 0 Å². The lowest BCUT2D eigenvalue weighted by molar-refractivity contribution is 0.0941. The Morgan fingerprint density at radius 2 is 1.72 bits per heavy atom. The SMILES string of the molecule is COc1ccc(OCCNC(=O)c2ccc(NC(C)(C)C)nn2)cc1. The van der Waals surface area contributed by atoms with Crippen molar-refractivity contribution in [2.45, 2.75) is 26.3 Å². The molecule has 1 aromatic carbocycles. The molecule has 2 rings (SSSR count). The Balaban J connectivity index is 1.76. The minimum atomic E-state index is -0.284. The van der Waals surface area contributed by atoms with Crippen LogP contribution < -0.4 is 20.1 Å². The Hall–Kier alpha value is -2.83. The fourth-order valence-corrected chi connectivity index (χ4v) is 2.00. The van der Waals surface area contributed by atoms with Gasteiger partial charge in [-0.3, -0.25) is 4.79 Å². The Kier molecular flexibility index (Phi) is 6.16. The van der Waals surface area contributed by atoms with Crippen LogP contribution >= 0.6 is 0 Å². The van der Waals surface area contributed by atoms with Crippen LogP contribution in [0.3, 0.4) is 0 Å². The summed E-state index contributed by atoms with van der Waals surface area (Å²) in [7, 11) is 1.61. The van der Waals surface area contributed by atoms with Crippen molar-refractivity contribution in [3.63, 3.8) is 0 Å². The molecule has 0 unspecified atom stereocenters. The van der Waals surface area contributed by atoms with Gasteiger partial charge in [0.15, 0.2) is 5.69 Å². The van der Waals surface area contributed by atoms with Gasteiger partial charge < -0.3 is 20.1 Å². The quantitative estimate of drug-likeness (QED) is 0.751. The highest BCUT2D eigenvalue weighted by atomic mass is 16.5. The molecular weight excluding hydrogens is 320 g/mol. The number of aromatic nitrogens is 2. The van der Waals surface area contributed by atoms with E-state index < -0.39 is 0 Å². The molecule has 0 radical (unpaired) electrons. The number of methoxy groups -OCH3 is 1. The lowest BCUT2D eigenvalue weighted by atomic mass is 10.1. The van der Waals surface area contributed by atoms with E-state index in [0.717, 1.165) is 5.75 Å². The smallest absolute Gasteiger partial charge is 0.271 e. The zero-order valence-corrected chi connectivity index (χ0v) is 15.0. The van der Waals surface area contributed by atoms with Crippen LogP contribution in [0.25, 0.3) is 0 Å². The van der Waals surface area contributed by atoms with Crippen molar-refractivity contribution in [1.82, 2.24) is 15.5 Å². The van der Waals surface area contributed by atoms with Crippen molar-refractivity contribution in [1.29, 1.82) is 0 Å². The summed E-state index contributed by atoms with van der Waals surface area (Å²) < 4.78 is 10.6. The summed E-state index contributed by atoms with van der Waals surface area (Å²) in [5, 5.41) is 13.9. The second kappa shape index (κ2) is 8.32. The maximum Gasteiger partial charge on any atom is 0.271 e. The van der Waals surface area contributed by atoms with Crippen LogP contribution in [-0.2, 0) is 0 Å². The minimum Gasteiger partial charge on any atom is -0.497 e. The predicted molar refractivity (Wildman–Crippen MR) is 96.2 cm³/mol. The number of nitrogens with zero attached hydrogens (tertiary/aromatic N) is 2. The Morgan fingerprint density at radius 3 is 2.28 bits per heavy atom. The fraction of sp³-hybridized carbons (Fsp3) is 0.389. The molecule has 0 aliphatic carbocycles. The zero-order valence-electron chi connectivity index (χ0n) is 15.0. The number of rotatable bonds is 7. The monoisotopic (exact) mass is 344 g/mol. The van der Waals surface area contributed by atoms with Crippen molar-refractivity contribution in [2.24, 2.45) is 0 Å². The molecule has 0 aliphatic heterocycles. The van der Waals surface area contributed by atoms with Gasteiger partial charge in [-0.2, -0.15) is 0 Å². The highest BCUT2D eigenvalue weighted by Crippen LogP contribution is 2.16. The lowest BCUT2D eigenvalue weighted by Crippen LogP contribution is -2.30. The Morgan fingerprint density at radius 1 is 1.04 bits per heavy atom. The summed E-state index contributed by atoms with van der Waals surface area (Å²) in [6.45, 7) is 6.80. The first kappa shape index (κ1) is 18.5. The summed E-state index contributed by atoms with van der Waals surface area (Å²) >= 11 is 0. The van der Waals surface area contributed by atoms with Crippen molar-refractivity contribution < 1.29 is 14.3 Å². The third kappa shape index (κ3) is 6.29. The first-order valence-electron chi connectivity index (χ1n) is 8.04. The van der Waals surface area contributed by atoms with Crippen molar-refractivity contribution >= 4 is 11.7 Å². The van der Waals surface area contributed by atoms with Crippen LogP contribution in [0.1, 0.15) is 31.3 Å². The second-order valence-electron chi connectivity index (χ2n) is 6.46. The first-order chi connectivity index (χ1) is 11.9. The average Bonchev–Trinajstić information content (AvgIpc) is 2.58. The van der Waals surface area contributed by atoms with Gasteiger partial charge in [-0.1, -0.05) is 0 Å². The number of carbonyl (C=O) groups excluding carboxylic acids is 1. The molecule has 1 heterocycles. The highest BCUT2D eigenvalue weighted by Gasteiger charge is 2.12. The number of anilines is 1. The number of ether oxygens (including phenoxy) is 2. The van der Waals surface area contributed by atoms with Crippen LogP contribution in [0.2, 0.25) is 0 Å². The molecule has 1 aromatic heterocycles. The van der Waals surface area contributed by atoms with Crippen LogP contribution in [0, 0.1) is 0 Å². The topological polar surface area (TPSA) is 85.4 Å². The zero-order chi connectivity index (χ0) is 18.3. The maximum absolute atomic E-state index is 12.0. The average molecular weight is 344 g/mol. The van der Waals surface area contributed by atoms with Gasteiger partial charge in [-0.05, 0) is 57.2 Å². The largest absolute Gasteiger partial charge is 0.497 e. The van der Waals surface area contributed by atoms with Crippen LogP contribution in [0.5, 0.6) is 11.5 Å². The van der Waals surface area contributed by atoms with Gasteiger partial charge in [0.05, 0.1) is 13.7 Å². The van der Waals surface area contributed by atoms with E-state index in [-0.39, 0.29) is 17.1 Å². The fourth-order valence-electron chi connectivity index (χ4n) is 2.00. The summed E-state index contributed by atoms with van der Waals surface area (Å²) in [5.74, 6) is 1.83. The summed E-state index contributed by atoms with van der Waals surface area (Å²) in [4.78, 5) is 12.0. The molecule has 0 atom stereocenters. The molecule has 2 N–H and O–H groups in total. The molecule has 7 nitrogen and oxygen atoms in total. The molecule has 7 heteroatoms. The first-order valence-corrected chi connectivity index (χ1v) is 8.04. The van der Waals surface area contributed by atoms with E-state index in [0.29, 0.717) is 24.7 Å². The molecule has 0 bridgehead atoms. The third-order valence-corrected chi connectivity index (χ3v) is 3.12. The number of benzene rings is 1. The van der Waals surface area contributed by atoms with Gasteiger partial charge in [0.2, 0.25) is 0 Å². The van der Waals surface area contributed by atoms with Gasteiger partial charge in [-0.25, -0.2) is 0 Å². The molecule has 0 fully saturated rings. The minimum absolute atomic E-state index is 0.114. The molecular formula is C18H24N4O3. The lowest BCUT2D eigenvalue weighted by Gasteiger charge is -2.20. The molecule has 2 aromatic rings. The molecule has 0 aliphatic rings. The van der Waals surface area contributed by atoms with E-state index in [1.807, 2.05) is 45.0 Å². The second-order valence-corrected chi connectivity index (χ2v) is 6.46. The number of hydrogen-bond acceptors (Lipinski definition) is 6. The van der Waals surface area contributed by atoms with Crippen molar-refractivity contribution in [2.75, 3.05) is 25.6 Å². The maximum atomic E-state index is 12.0. The summed E-state index contributed by atoms with van der Waals surface area (Å²) in [5.41, 5.74) is 0.154. The van der Waals surface area contributed by atoms with E-state index in [4.69, 9.17) is 9.47 Å². The number of nitrogens with one attached hydrogen (secondary N) is 2. The van der Waals surface area contributed by atoms with E-state index in [9.17, 15) is 4.79 Å². The third-order valence-electron chi connectivity index (χ3n) is 3.12. The molecule has 0 spiro atoms. The predicted octanol–water partition coefficient (Wildman–Crippen LogP) is 2.50. The molecule has 25 heavy (non-hydrogen) atoms.